The molecule has 1 heteroatoms. The van der Waals surface area contributed by atoms with Gasteiger partial charge in [0.1, 0.15) is 0 Å². The van der Waals surface area contributed by atoms with Gasteiger partial charge in [-0.1, -0.05) is 39.5 Å². The number of hydrogen-bond donors (Lipinski definition) is 1. The maximum Gasteiger partial charge on any atom is 0.00722 e. The van der Waals surface area contributed by atoms with Crippen LogP contribution in [-0.4, -0.2) is 12.6 Å². The summed E-state index contributed by atoms with van der Waals surface area (Å²) in [6, 6.07) is 0.817. The molecule has 100 valence electrons. The Labute approximate surface area is 108 Å². The van der Waals surface area contributed by atoms with E-state index in [1.54, 1.807) is 0 Å². The first-order valence-electron chi connectivity index (χ1n) is 7.97. The molecule has 2 atom stereocenters. The minimum Gasteiger partial charge on any atom is -0.314 e. The molecule has 0 radical (unpaired) electrons. The normalized spacial score (nSPS) is 36.7. The summed E-state index contributed by atoms with van der Waals surface area (Å²) in [6.07, 6.45) is 13.1. The smallest absolute Gasteiger partial charge is 0.00722 e. The molecule has 0 aromatic rings. The highest BCUT2D eigenvalue weighted by Gasteiger charge is 2.24. The highest BCUT2D eigenvalue weighted by Crippen LogP contribution is 2.29. The van der Waals surface area contributed by atoms with Crippen molar-refractivity contribution >= 4 is 0 Å². The number of hydrogen-bond acceptors (Lipinski definition) is 1. The Morgan fingerprint density at radius 1 is 0.824 bits per heavy atom. The zero-order chi connectivity index (χ0) is 12.1. The SMILES string of the molecule is CC1CC(C)CC(NCC2CCCCCC2)C1. The van der Waals surface area contributed by atoms with Gasteiger partial charge in [-0.15, -0.1) is 0 Å². The molecule has 2 saturated carbocycles. The molecule has 0 aliphatic heterocycles. The number of rotatable bonds is 3. The van der Waals surface area contributed by atoms with Crippen molar-refractivity contribution in [2.24, 2.45) is 17.8 Å². The summed E-state index contributed by atoms with van der Waals surface area (Å²) < 4.78 is 0. The lowest BCUT2D eigenvalue weighted by Crippen LogP contribution is -2.38. The maximum atomic E-state index is 3.88. The summed E-state index contributed by atoms with van der Waals surface area (Å²) in [5.74, 6) is 2.85. The average molecular weight is 237 g/mol. The fourth-order valence-electron chi connectivity index (χ4n) is 4.02. The summed E-state index contributed by atoms with van der Waals surface area (Å²) in [4.78, 5) is 0. The molecule has 0 aromatic heterocycles. The van der Waals surface area contributed by atoms with Crippen LogP contribution >= 0.6 is 0 Å². The molecular weight excluding hydrogens is 206 g/mol. The van der Waals surface area contributed by atoms with Gasteiger partial charge in [0.15, 0.2) is 0 Å². The van der Waals surface area contributed by atoms with Crippen LogP contribution in [0.15, 0.2) is 0 Å². The summed E-state index contributed by atoms with van der Waals surface area (Å²) in [5.41, 5.74) is 0. The Hall–Kier alpha value is -0.0400. The molecule has 2 fully saturated rings. The van der Waals surface area contributed by atoms with Crippen LogP contribution in [0.2, 0.25) is 0 Å². The van der Waals surface area contributed by atoms with Crippen molar-refractivity contribution in [3.8, 4) is 0 Å². The first kappa shape index (κ1) is 13.4. The van der Waals surface area contributed by atoms with Gasteiger partial charge in [-0.25, -0.2) is 0 Å². The second kappa shape index (κ2) is 6.78. The van der Waals surface area contributed by atoms with Gasteiger partial charge >= 0.3 is 0 Å². The van der Waals surface area contributed by atoms with E-state index in [0.717, 1.165) is 23.8 Å². The topological polar surface area (TPSA) is 12.0 Å². The lowest BCUT2D eigenvalue weighted by atomic mass is 9.80. The molecule has 2 aliphatic rings. The van der Waals surface area contributed by atoms with Crippen LogP contribution in [0.25, 0.3) is 0 Å². The zero-order valence-corrected chi connectivity index (χ0v) is 11.9. The van der Waals surface area contributed by atoms with Crippen molar-refractivity contribution in [1.29, 1.82) is 0 Å². The van der Waals surface area contributed by atoms with Gasteiger partial charge < -0.3 is 5.32 Å². The lowest BCUT2D eigenvalue weighted by molar-refractivity contribution is 0.229. The van der Waals surface area contributed by atoms with E-state index >= 15 is 0 Å². The van der Waals surface area contributed by atoms with Crippen molar-refractivity contribution in [3.05, 3.63) is 0 Å². The Balaban J connectivity index is 1.69. The lowest BCUT2D eigenvalue weighted by Gasteiger charge is -2.33. The van der Waals surface area contributed by atoms with E-state index in [2.05, 4.69) is 19.2 Å². The fraction of sp³-hybridized carbons (Fsp3) is 1.00. The fourth-order valence-corrected chi connectivity index (χ4v) is 4.02. The van der Waals surface area contributed by atoms with Crippen LogP contribution in [0.1, 0.15) is 71.6 Å². The summed E-state index contributed by atoms with van der Waals surface area (Å²) >= 11 is 0. The van der Waals surface area contributed by atoms with E-state index < -0.39 is 0 Å². The minimum atomic E-state index is 0.817. The van der Waals surface area contributed by atoms with E-state index in [0.29, 0.717) is 0 Å². The van der Waals surface area contributed by atoms with Crippen molar-refractivity contribution in [2.45, 2.75) is 77.7 Å². The molecule has 0 spiro atoms. The standard InChI is InChI=1S/C16H31N/c1-13-9-14(2)11-16(10-13)17-12-15-7-5-3-4-6-8-15/h13-17H,3-12H2,1-2H3. The van der Waals surface area contributed by atoms with Crippen LogP contribution in [0.4, 0.5) is 0 Å². The molecular formula is C16H31N. The molecule has 2 rings (SSSR count). The van der Waals surface area contributed by atoms with E-state index in [9.17, 15) is 0 Å². The molecule has 1 nitrogen and oxygen atoms in total. The second-order valence-corrected chi connectivity index (χ2v) is 6.88. The molecule has 1 N–H and O–H groups in total. The van der Waals surface area contributed by atoms with Crippen LogP contribution < -0.4 is 5.32 Å². The molecule has 0 aromatic carbocycles. The third-order valence-corrected chi connectivity index (χ3v) is 4.85. The molecule has 0 heterocycles. The Bertz CT molecular complexity index is 196. The van der Waals surface area contributed by atoms with Crippen LogP contribution in [0, 0.1) is 17.8 Å². The van der Waals surface area contributed by atoms with Crippen LogP contribution in [0.3, 0.4) is 0 Å². The minimum absolute atomic E-state index is 0.817. The average Bonchev–Trinajstić information content (AvgIpc) is 2.53. The van der Waals surface area contributed by atoms with Gasteiger partial charge in [0.05, 0.1) is 0 Å². The van der Waals surface area contributed by atoms with E-state index in [1.807, 2.05) is 0 Å². The molecule has 2 unspecified atom stereocenters. The second-order valence-electron chi connectivity index (χ2n) is 6.88. The predicted octanol–water partition coefficient (Wildman–Crippen LogP) is 4.37. The van der Waals surface area contributed by atoms with E-state index in [4.69, 9.17) is 0 Å². The van der Waals surface area contributed by atoms with Crippen molar-refractivity contribution in [2.75, 3.05) is 6.54 Å². The van der Waals surface area contributed by atoms with Crippen molar-refractivity contribution < 1.29 is 0 Å². The quantitative estimate of drug-likeness (QED) is 0.719. The van der Waals surface area contributed by atoms with Crippen molar-refractivity contribution in [1.82, 2.24) is 5.32 Å². The number of nitrogens with one attached hydrogen (secondary N) is 1. The Morgan fingerprint density at radius 3 is 2.00 bits per heavy atom. The maximum absolute atomic E-state index is 3.88. The largest absolute Gasteiger partial charge is 0.314 e. The zero-order valence-electron chi connectivity index (χ0n) is 11.9. The summed E-state index contributed by atoms with van der Waals surface area (Å²) in [6.45, 7) is 6.15. The van der Waals surface area contributed by atoms with E-state index in [-0.39, 0.29) is 0 Å². The predicted molar refractivity (Wildman–Crippen MR) is 75.2 cm³/mol. The Morgan fingerprint density at radius 2 is 1.41 bits per heavy atom. The van der Waals surface area contributed by atoms with Crippen LogP contribution in [-0.2, 0) is 0 Å². The van der Waals surface area contributed by atoms with Crippen molar-refractivity contribution in [3.63, 3.8) is 0 Å². The molecule has 0 saturated heterocycles. The van der Waals surface area contributed by atoms with Gasteiger partial charge in [0.2, 0.25) is 0 Å². The monoisotopic (exact) mass is 237 g/mol. The summed E-state index contributed by atoms with van der Waals surface area (Å²) in [7, 11) is 0. The summed E-state index contributed by atoms with van der Waals surface area (Å²) in [5, 5.41) is 3.88. The molecule has 0 bridgehead atoms. The van der Waals surface area contributed by atoms with Gasteiger partial charge in [-0.05, 0) is 56.4 Å². The van der Waals surface area contributed by atoms with Crippen LogP contribution in [0.5, 0.6) is 0 Å². The van der Waals surface area contributed by atoms with Gasteiger partial charge in [-0.2, -0.15) is 0 Å². The molecule has 17 heavy (non-hydrogen) atoms. The Kier molecular flexibility index (Phi) is 5.34. The van der Waals surface area contributed by atoms with Gasteiger partial charge in [-0.3, -0.25) is 0 Å². The third kappa shape index (κ3) is 4.62. The first-order chi connectivity index (χ1) is 8.24. The van der Waals surface area contributed by atoms with Gasteiger partial charge in [0, 0.05) is 6.04 Å². The first-order valence-corrected chi connectivity index (χ1v) is 7.97. The highest BCUT2D eigenvalue weighted by atomic mass is 14.9. The van der Waals surface area contributed by atoms with Gasteiger partial charge in [0.25, 0.3) is 0 Å². The third-order valence-electron chi connectivity index (χ3n) is 4.85. The molecule has 2 aliphatic carbocycles. The molecule has 0 amide bonds. The van der Waals surface area contributed by atoms with E-state index in [1.165, 1.54) is 64.3 Å². The highest BCUT2D eigenvalue weighted by molar-refractivity contribution is 4.80.